The van der Waals surface area contributed by atoms with Crippen LogP contribution in [0.15, 0.2) is 24.3 Å². The average Bonchev–Trinajstić information content (AvgIpc) is 1.99. The molecule has 0 amide bonds. The number of hydrogen-bond donors (Lipinski definition) is 0. The smallest absolute Gasteiger partial charge is 0.0408 e. The van der Waals surface area contributed by atoms with Crippen LogP contribution in [0.3, 0.4) is 0 Å². The van der Waals surface area contributed by atoms with Gasteiger partial charge in [-0.3, -0.25) is 0 Å². The van der Waals surface area contributed by atoms with Crippen LogP contribution in [-0.2, 0) is 6.42 Å². The Bertz CT molecular complexity index is 318. The van der Waals surface area contributed by atoms with Crippen LogP contribution in [0.1, 0.15) is 32.8 Å². The zero-order chi connectivity index (χ0) is 11.5. The van der Waals surface area contributed by atoms with Gasteiger partial charge in [0.25, 0.3) is 0 Å². The van der Waals surface area contributed by atoms with E-state index in [2.05, 4.69) is 48.8 Å². The van der Waals surface area contributed by atoms with Crippen molar-refractivity contribution in [1.29, 1.82) is 0 Å². The van der Waals surface area contributed by atoms with E-state index in [4.69, 9.17) is 11.6 Å². The molecule has 0 bridgehead atoms. The van der Waals surface area contributed by atoms with Gasteiger partial charge in [0.15, 0.2) is 0 Å². The van der Waals surface area contributed by atoms with E-state index in [-0.39, 0.29) is 0 Å². The third-order valence-electron chi connectivity index (χ3n) is 2.41. The lowest BCUT2D eigenvalue weighted by Crippen LogP contribution is -2.18. The quantitative estimate of drug-likeness (QED) is 0.678. The van der Waals surface area contributed by atoms with Gasteiger partial charge in [0.2, 0.25) is 0 Å². The molecule has 0 saturated carbocycles. The number of halogens is 2. The highest BCUT2D eigenvalue weighted by molar-refractivity contribution is 9.09. The van der Waals surface area contributed by atoms with Crippen LogP contribution in [0.5, 0.6) is 0 Å². The summed E-state index contributed by atoms with van der Waals surface area (Å²) in [5.74, 6) is 0. The molecule has 1 atom stereocenters. The first-order valence-electron chi connectivity index (χ1n) is 5.27. The lowest BCUT2D eigenvalue weighted by Gasteiger charge is -2.26. The molecule has 0 saturated heterocycles. The fourth-order valence-corrected chi connectivity index (χ4v) is 3.12. The van der Waals surface area contributed by atoms with Crippen LogP contribution in [0.2, 0.25) is 5.02 Å². The molecule has 1 unspecified atom stereocenters. The second kappa shape index (κ2) is 5.36. The Kier molecular flexibility index (Phi) is 4.66. The van der Waals surface area contributed by atoms with Crippen molar-refractivity contribution in [3.8, 4) is 0 Å². The molecule has 0 spiro atoms. The average molecular weight is 290 g/mol. The molecule has 2 heteroatoms. The van der Waals surface area contributed by atoms with Crippen molar-refractivity contribution in [1.82, 2.24) is 0 Å². The van der Waals surface area contributed by atoms with Crippen LogP contribution < -0.4 is 0 Å². The van der Waals surface area contributed by atoms with Gasteiger partial charge in [-0.2, -0.15) is 0 Å². The van der Waals surface area contributed by atoms with Crippen LogP contribution in [-0.4, -0.2) is 4.83 Å². The minimum absolute atomic E-state index is 0.313. The number of alkyl halides is 1. The first kappa shape index (κ1) is 13.1. The van der Waals surface area contributed by atoms with Crippen molar-refractivity contribution in [3.63, 3.8) is 0 Å². The maximum Gasteiger partial charge on any atom is 0.0408 e. The predicted octanol–water partition coefficient (Wildman–Crippen LogP) is 5.08. The largest absolute Gasteiger partial charge is 0.0893 e. The van der Waals surface area contributed by atoms with E-state index in [0.717, 1.165) is 11.4 Å². The van der Waals surface area contributed by atoms with Crippen LogP contribution >= 0.6 is 27.5 Å². The molecular formula is C13H18BrCl. The fraction of sp³-hybridized carbons (Fsp3) is 0.538. The van der Waals surface area contributed by atoms with E-state index < -0.39 is 0 Å². The Morgan fingerprint density at radius 1 is 1.40 bits per heavy atom. The standard InChI is InChI=1S/C13H18BrCl/c1-10(14)8-13(2,3)9-11-5-4-6-12(15)7-11/h4-7,10H,8-9H2,1-3H3. The zero-order valence-corrected chi connectivity index (χ0v) is 11.9. The van der Waals surface area contributed by atoms with Gasteiger partial charge >= 0.3 is 0 Å². The molecule has 84 valence electrons. The normalized spacial score (nSPS) is 13.9. The molecule has 0 heterocycles. The Balaban J connectivity index is 2.68. The van der Waals surface area contributed by atoms with E-state index in [9.17, 15) is 0 Å². The predicted molar refractivity (Wildman–Crippen MR) is 71.9 cm³/mol. The molecular weight excluding hydrogens is 271 g/mol. The van der Waals surface area contributed by atoms with E-state index >= 15 is 0 Å². The van der Waals surface area contributed by atoms with E-state index in [0.29, 0.717) is 10.2 Å². The highest BCUT2D eigenvalue weighted by atomic mass is 79.9. The highest BCUT2D eigenvalue weighted by Crippen LogP contribution is 2.30. The maximum absolute atomic E-state index is 5.97. The van der Waals surface area contributed by atoms with Gasteiger partial charge in [-0.1, -0.05) is 60.4 Å². The van der Waals surface area contributed by atoms with Crippen molar-refractivity contribution in [2.24, 2.45) is 5.41 Å². The summed E-state index contributed by atoms with van der Waals surface area (Å²) in [7, 11) is 0. The van der Waals surface area contributed by atoms with Crippen molar-refractivity contribution in [3.05, 3.63) is 34.9 Å². The summed E-state index contributed by atoms with van der Waals surface area (Å²) in [5.41, 5.74) is 1.63. The maximum atomic E-state index is 5.97. The summed E-state index contributed by atoms with van der Waals surface area (Å²) < 4.78 is 0. The lowest BCUT2D eigenvalue weighted by molar-refractivity contribution is 0.335. The number of hydrogen-bond acceptors (Lipinski definition) is 0. The fourth-order valence-electron chi connectivity index (χ4n) is 2.03. The van der Waals surface area contributed by atoms with Gasteiger partial charge in [0.05, 0.1) is 0 Å². The Labute approximate surface area is 106 Å². The summed E-state index contributed by atoms with van der Waals surface area (Å²) in [4.78, 5) is 0.562. The molecule has 0 N–H and O–H groups in total. The molecule has 1 aromatic rings. The monoisotopic (exact) mass is 288 g/mol. The Morgan fingerprint density at radius 3 is 2.60 bits per heavy atom. The second-order valence-corrected chi connectivity index (χ2v) is 6.96. The zero-order valence-electron chi connectivity index (χ0n) is 9.56. The molecule has 0 radical (unpaired) electrons. The van der Waals surface area contributed by atoms with Gasteiger partial charge in [-0.15, -0.1) is 0 Å². The first-order valence-corrected chi connectivity index (χ1v) is 6.57. The molecule has 15 heavy (non-hydrogen) atoms. The SMILES string of the molecule is CC(Br)CC(C)(C)Cc1cccc(Cl)c1. The molecule has 0 aliphatic heterocycles. The first-order chi connectivity index (χ1) is 6.89. The van der Waals surface area contributed by atoms with Crippen LogP contribution in [0.25, 0.3) is 0 Å². The lowest BCUT2D eigenvalue weighted by atomic mass is 9.82. The second-order valence-electron chi connectivity index (χ2n) is 4.96. The van der Waals surface area contributed by atoms with Gasteiger partial charge in [-0.05, 0) is 36.0 Å². The summed E-state index contributed by atoms with van der Waals surface area (Å²) in [6.45, 7) is 6.79. The topological polar surface area (TPSA) is 0 Å². The van der Waals surface area contributed by atoms with Crippen molar-refractivity contribution in [2.45, 2.75) is 38.4 Å². The van der Waals surface area contributed by atoms with E-state index in [1.165, 1.54) is 12.0 Å². The Hall–Kier alpha value is -0.0100. The number of benzene rings is 1. The summed E-state index contributed by atoms with van der Waals surface area (Å²) in [6.07, 6.45) is 2.24. The minimum atomic E-state index is 0.313. The molecule has 0 aromatic heterocycles. The van der Waals surface area contributed by atoms with E-state index in [1.54, 1.807) is 0 Å². The van der Waals surface area contributed by atoms with Crippen molar-refractivity contribution >= 4 is 27.5 Å². The van der Waals surface area contributed by atoms with Gasteiger partial charge < -0.3 is 0 Å². The molecule has 1 rings (SSSR count). The van der Waals surface area contributed by atoms with Gasteiger partial charge in [0.1, 0.15) is 0 Å². The third kappa shape index (κ3) is 5.03. The van der Waals surface area contributed by atoms with Gasteiger partial charge in [-0.25, -0.2) is 0 Å². The highest BCUT2D eigenvalue weighted by Gasteiger charge is 2.20. The molecule has 0 nitrogen and oxygen atoms in total. The molecule has 0 aliphatic rings. The minimum Gasteiger partial charge on any atom is -0.0893 e. The molecule has 0 aliphatic carbocycles. The summed E-state index contributed by atoms with van der Waals surface area (Å²) in [5, 5.41) is 0.829. The number of rotatable bonds is 4. The van der Waals surface area contributed by atoms with Crippen LogP contribution in [0.4, 0.5) is 0 Å². The van der Waals surface area contributed by atoms with Crippen molar-refractivity contribution < 1.29 is 0 Å². The summed E-state index contributed by atoms with van der Waals surface area (Å²) in [6, 6.07) is 8.14. The third-order valence-corrected chi connectivity index (χ3v) is 2.96. The van der Waals surface area contributed by atoms with Crippen LogP contribution in [0, 0.1) is 5.41 Å². The van der Waals surface area contributed by atoms with Crippen molar-refractivity contribution in [2.75, 3.05) is 0 Å². The Morgan fingerprint density at radius 2 is 2.07 bits per heavy atom. The van der Waals surface area contributed by atoms with E-state index in [1.807, 2.05) is 12.1 Å². The van der Waals surface area contributed by atoms with Gasteiger partial charge in [0, 0.05) is 9.85 Å². The summed E-state index contributed by atoms with van der Waals surface area (Å²) >= 11 is 9.58. The molecule has 0 fully saturated rings. The molecule has 1 aromatic carbocycles.